The van der Waals surface area contributed by atoms with Crippen LogP contribution in [0.5, 0.6) is 0 Å². The van der Waals surface area contributed by atoms with Gasteiger partial charge in [0, 0.05) is 12.6 Å². The van der Waals surface area contributed by atoms with Gasteiger partial charge < -0.3 is 5.32 Å². The van der Waals surface area contributed by atoms with Crippen LogP contribution in [0, 0.1) is 0 Å². The molecule has 6 nitrogen and oxygen atoms in total. The molecule has 0 aromatic heterocycles. The summed E-state index contributed by atoms with van der Waals surface area (Å²) in [6.45, 7) is 7.80. The van der Waals surface area contributed by atoms with Crippen LogP contribution in [0.1, 0.15) is 40.5 Å². The molecule has 0 radical (unpaired) electrons. The summed E-state index contributed by atoms with van der Waals surface area (Å²) in [7, 11) is 0. The van der Waals surface area contributed by atoms with E-state index >= 15 is 0 Å². The molecule has 0 saturated carbocycles. The molecule has 108 valence electrons. The molecule has 0 spiro atoms. The van der Waals surface area contributed by atoms with Gasteiger partial charge in [-0.05, 0) is 27.2 Å². The third-order valence-corrected chi connectivity index (χ3v) is 2.97. The summed E-state index contributed by atoms with van der Waals surface area (Å²) in [5, 5.41) is 5.70. The number of rotatable bonds is 6. The smallest absolute Gasteiger partial charge is 0.246 e. The van der Waals surface area contributed by atoms with Gasteiger partial charge in [-0.1, -0.05) is 6.92 Å². The highest BCUT2D eigenvalue weighted by Gasteiger charge is 2.39. The summed E-state index contributed by atoms with van der Waals surface area (Å²) in [6.07, 6.45) is 0.881. The second kappa shape index (κ2) is 6.65. The summed E-state index contributed by atoms with van der Waals surface area (Å²) >= 11 is 0. The van der Waals surface area contributed by atoms with Crippen LogP contribution in [0.3, 0.4) is 0 Å². The zero-order chi connectivity index (χ0) is 14.6. The molecule has 1 rings (SSSR count). The number of imide groups is 1. The van der Waals surface area contributed by atoms with Gasteiger partial charge in [0.2, 0.25) is 17.7 Å². The zero-order valence-corrected chi connectivity index (χ0v) is 12.0. The van der Waals surface area contributed by atoms with Gasteiger partial charge in [-0.25, -0.2) is 0 Å². The van der Waals surface area contributed by atoms with Crippen molar-refractivity contribution in [3.05, 3.63) is 0 Å². The molecular weight excluding hydrogens is 246 g/mol. The number of amides is 3. The standard InChI is InChI=1S/C13H23N3O3/c1-5-6-16-11(17)7-10(13(16)19)15-9(4)12(18)14-8(2)3/h8-10,15H,5-7H2,1-4H3,(H,14,18). The molecule has 0 aromatic rings. The topological polar surface area (TPSA) is 78.5 Å². The van der Waals surface area contributed by atoms with E-state index in [1.165, 1.54) is 4.90 Å². The Morgan fingerprint density at radius 1 is 1.37 bits per heavy atom. The second-order valence-electron chi connectivity index (χ2n) is 5.19. The average molecular weight is 269 g/mol. The summed E-state index contributed by atoms with van der Waals surface area (Å²) in [5.41, 5.74) is 0. The molecule has 6 heteroatoms. The fourth-order valence-corrected chi connectivity index (χ4v) is 2.06. The molecule has 1 heterocycles. The van der Waals surface area contributed by atoms with Crippen molar-refractivity contribution in [2.75, 3.05) is 6.54 Å². The van der Waals surface area contributed by atoms with E-state index < -0.39 is 12.1 Å². The third kappa shape index (κ3) is 4.02. The van der Waals surface area contributed by atoms with Crippen molar-refractivity contribution in [3.8, 4) is 0 Å². The van der Waals surface area contributed by atoms with Gasteiger partial charge >= 0.3 is 0 Å². The minimum Gasteiger partial charge on any atom is -0.353 e. The van der Waals surface area contributed by atoms with E-state index in [1.807, 2.05) is 20.8 Å². The normalized spacial score (nSPS) is 21.1. The molecular formula is C13H23N3O3. The molecule has 1 fully saturated rings. The van der Waals surface area contributed by atoms with Crippen molar-refractivity contribution in [1.82, 2.24) is 15.5 Å². The summed E-state index contributed by atoms with van der Waals surface area (Å²) < 4.78 is 0. The minimum absolute atomic E-state index is 0.0502. The van der Waals surface area contributed by atoms with E-state index in [1.54, 1.807) is 6.92 Å². The lowest BCUT2D eigenvalue weighted by molar-refractivity contribution is -0.138. The van der Waals surface area contributed by atoms with Crippen molar-refractivity contribution in [2.45, 2.75) is 58.7 Å². The van der Waals surface area contributed by atoms with Crippen LogP contribution < -0.4 is 10.6 Å². The maximum absolute atomic E-state index is 12.0. The van der Waals surface area contributed by atoms with E-state index in [2.05, 4.69) is 10.6 Å². The Labute approximate surface area is 113 Å². The first-order valence-electron chi connectivity index (χ1n) is 6.77. The molecule has 0 aromatic carbocycles. The van der Waals surface area contributed by atoms with Gasteiger partial charge in [-0.15, -0.1) is 0 Å². The molecule has 0 bridgehead atoms. The van der Waals surface area contributed by atoms with Crippen LogP contribution in [-0.4, -0.2) is 47.3 Å². The molecule has 3 amide bonds. The lowest BCUT2D eigenvalue weighted by Gasteiger charge is -2.19. The van der Waals surface area contributed by atoms with Crippen molar-refractivity contribution < 1.29 is 14.4 Å². The van der Waals surface area contributed by atoms with Crippen molar-refractivity contribution in [3.63, 3.8) is 0 Å². The SMILES string of the molecule is CCCN1C(=O)CC(NC(C)C(=O)NC(C)C)C1=O. The first-order valence-corrected chi connectivity index (χ1v) is 6.77. The van der Waals surface area contributed by atoms with Gasteiger partial charge in [-0.2, -0.15) is 0 Å². The number of nitrogens with one attached hydrogen (secondary N) is 2. The predicted octanol–water partition coefficient (Wildman–Crippen LogP) is 0.0266. The van der Waals surface area contributed by atoms with E-state index in [4.69, 9.17) is 0 Å². The number of hydrogen-bond donors (Lipinski definition) is 2. The lowest BCUT2D eigenvalue weighted by Crippen LogP contribution is -2.50. The van der Waals surface area contributed by atoms with Crippen LogP contribution >= 0.6 is 0 Å². The molecule has 2 atom stereocenters. The van der Waals surface area contributed by atoms with Crippen LogP contribution in [0.15, 0.2) is 0 Å². The minimum atomic E-state index is -0.577. The van der Waals surface area contributed by atoms with Gasteiger partial charge in [0.25, 0.3) is 0 Å². The van der Waals surface area contributed by atoms with Crippen molar-refractivity contribution in [1.29, 1.82) is 0 Å². The Morgan fingerprint density at radius 2 is 2.00 bits per heavy atom. The maximum Gasteiger partial charge on any atom is 0.246 e. The molecule has 1 aliphatic heterocycles. The Morgan fingerprint density at radius 3 is 2.53 bits per heavy atom. The van der Waals surface area contributed by atoms with Gasteiger partial charge in [-0.3, -0.25) is 24.6 Å². The Balaban J connectivity index is 2.56. The van der Waals surface area contributed by atoms with Gasteiger partial charge in [0.05, 0.1) is 18.5 Å². The largest absolute Gasteiger partial charge is 0.353 e. The van der Waals surface area contributed by atoms with E-state index in [-0.39, 0.29) is 30.2 Å². The molecule has 1 aliphatic rings. The van der Waals surface area contributed by atoms with E-state index in [9.17, 15) is 14.4 Å². The van der Waals surface area contributed by atoms with Crippen molar-refractivity contribution >= 4 is 17.7 Å². The zero-order valence-electron chi connectivity index (χ0n) is 12.0. The summed E-state index contributed by atoms with van der Waals surface area (Å²) in [4.78, 5) is 36.7. The van der Waals surface area contributed by atoms with Crippen LogP contribution in [0.4, 0.5) is 0 Å². The Hall–Kier alpha value is -1.43. The van der Waals surface area contributed by atoms with Gasteiger partial charge in [0.1, 0.15) is 0 Å². The summed E-state index contributed by atoms with van der Waals surface area (Å²) in [6, 6.07) is -1.02. The van der Waals surface area contributed by atoms with Crippen LogP contribution in [0.25, 0.3) is 0 Å². The fourth-order valence-electron chi connectivity index (χ4n) is 2.06. The Kier molecular flexibility index (Phi) is 5.47. The molecule has 2 unspecified atom stereocenters. The number of carbonyl (C=O) groups excluding carboxylic acids is 3. The lowest BCUT2D eigenvalue weighted by atomic mass is 10.2. The monoisotopic (exact) mass is 269 g/mol. The quantitative estimate of drug-likeness (QED) is 0.667. The van der Waals surface area contributed by atoms with Crippen LogP contribution in [0.2, 0.25) is 0 Å². The maximum atomic E-state index is 12.0. The van der Waals surface area contributed by atoms with Crippen molar-refractivity contribution in [2.24, 2.45) is 0 Å². The number of nitrogens with zero attached hydrogens (tertiary/aromatic N) is 1. The highest BCUT2D eigenvalue weighted by molar-refractivity contribution is 6.05. The molecule has 2 N–H and O–H groups in total. The summed E-state index contributed by atoms with van der Waals surface area (Å²) in [5.74, 6) is -0.555. The van der Waals surface area contributed by atoms with Gasteiger partial charge in [0.15, 0.2) is 0 Å². The predicted molar refractivity (Wildman–Crippen MR) is 71.3 cm³/mol. The average Bonchev–Trinajstić information content (AvgIpc) is 2.56. The first kappa shape index (κ1) is 15.6. The third-order valence-electron chi connectivity index (χ3n) is 2.97. The second-order valence-corrected chi connectivity index (χ2v) is 5.19. The first-order chi connectivity index (χ1) is 8.86. The van der Waals surface area contributed by atoms with E-state index in [0.717, 1.165) is 6.42 Å². The Bertz CT molecular complexity index is 368. The molecule has 1 saturated heterocycles. The molecule has 19 heavy (non-hydrogen) atoms. The number of carbonyl (C=O) groups is 3. The number of hydrogen-bond acceptors (Lipinski definition) is 4. The highest BCUT2D eigenvalue weighted by Crippen LogP contribution is 2.14. The van der Waals surface area contributed by atoms with Crippen LogP contribution in [-0.2, 0) is 14.4 Å². The fraction of sp³-hybridized carbons (Fsp3) is 0.769. The highest BCUT2D eigenvalue weighted by atomic mass is 16.2. The molecule has 0 aliphatic carbocycles. The number of likely N-dealkylation sites (tertiary alicyclic amines) is 1. The van der Waals surface area contributed by atoms with E-state index in [0.29, 0.717) is 6.54 Å².